The van der Waals surface area contributed by atoms with Gasteiger partial charge in [-0.05, 0) is 57.9 Å². The molecule has 2 aromatic heterocycles. The zero-order valence-electron chi connectivity index (χ0n) is 18.7. The van der Waals surface area contributed by atoms with E-state index in [0.29, 0.717) is 6.42 Å². The molecule has 3 heterocycles. The minimum absolute atomic E-state index is 0.490. The van der Waals surface area contributed by atoms with Gasteiger partial charge in [-0.25, -0.2) is 0 Å². The summed E-state index contributed by atoms with van der Waals surface area (Å²) in [5.74, 6) is 1.50. The monoisotopic (exact) mass is 424 g/mol. The number of aromatic nitrogens is 3. The zero-order chi connectivity index (χ0) is 21.8. The second-order valence-corrected chi connectivity index (χ2v) is 8.66. The Morgan fingerprint density at radius 3 is 2.65 bits per heavy atom. The van der Waals surface area contributed by atoms with Crippen LogP contribution in [-0.4, -0.2) is 57.3 Å². The van der Waals surface area contributed by atoms with Crippen molar-refractivity contribution in [2.45, 2.75) is 51.7 Å². The molecule has 0 unspecified atom stereocenters. The number of benzene rings is 1. The number of likely N-dealkylation sites (tertiary alicyclic amines) is 1. The van der Waals surface area contributed by atoms with Crippen molar-refractivity contribution < 1.29 is 14.4 Å². The first kappa shape index (κ1) is 21.6. The van der Waals surface area contributed by atoms with Crippen molar-refractivity contribution in [3.05, 3.63) is 53.5 Å². The molecule has 1 aliphatic heterocycles. The molecule has 0 aliphatic carbocycles. The molecule has 7 heteroatoms. The van der Waals surface area contributed by atoms with Gasteiger partial charge in [0.05, 0.1) is 18.4 Å². The number of hydrogen-bond acceptors (Lipinski definition) is 6. The number of nitrogens with zero attached hydrogens (tertiary/aromatic N) is 4. The summed E-state index contributed by atoms with van der Waals surface area (Å²) in [6, 6.07) is 11.8. The first-order valence-corrected chi connectivity index (χ1v) is 11.0. The summed E-state index contributed by atoms with van der Waals surface area (Å²) in [6.07, 6.45) is 3.03. The molecule has 1 aromatic carbocycles. The third-order valence-corrected chi connectivity index (χ3v) is 6.16. The van der Waals surface area contributed by atoms with Gasteiger partial charge in [0.1, 0.15) is 17.2 Å². The van der Waals surface area contributed by atoms with Crippen LogP contribution in [0.4, 0.5) is 0 Å². The van der Waals surface area contributed by atoms with E-state index in [1.807, 2.05) is 37.3 Å². The van der Waals surface area contributed by atoms with E-state index in [2.05, 4.69) is 32.8 Å². The van der Waals surface area contributed by atoms with E-state index in [0.717, 1.165) is 73.9 Å². The lowest BCUT2D eigenvalue weighted by Gasteiger charge is -2.37. The van der Waals surface area contributed by atoms with Gasteiger partial charge in [-0.1, -0.05) is 17.3 Å². The minimum Gasteiger partial charge on any atom is -0.497 e. The molecule has 31 heavy (non-hydrogen) atoms. The standard InChI is InChI=1S/C24H32N4O3/c1-18-14-19(2)28(25-18)11-5-10-27-12-8-24(29,9-13-27)17-22-16-23(26-31-22)20-6-4-7-21(15-20)30-3/h4,6-7,14-16,29H,5,8-13,17H2,1-3H3. The van der Waals surface area contributed by atoms with Crippen LogP contribution in [-0.2, 0) is 13.0 Å². The van der Waals surface area contributed by atoms with Crippen molar-refractivity contribution in [2.24, 2.45) is 0 Å². The Bertz CT molecular complexity index is 1000. The normalized spacial score (nSPS) is 16.5. The van der Waals surface area contributed by atoms with Gasteiger partial charge in [0.25, 0.3) is 0 Å². The summed E-state index contributed by atoms with van der Waals surface area (Å²) in [5, 5.41) is 19.8. The van der Waals surface area contributed by atoms with Crippen molar-refractivity contribution in [1.29, 1.82) is 0 Å². The smallest absolute Gasteiger partial charge is 0.140 e. The minimum atomic E-state index is -0.739. The molecule has 1 saturated heterocycles. The first-order chi connectivity index (χ1) is 14.9. The van der Waals surface area contributed by atoms with Crippen molar-refractivity contribution in [1.82, 2.24) is 19.8 Å². The molecule has 0 radical (unpaired) electrons. The van der Waals surface area contributed by atoms with Crippen molar-refractivity contribution >= 4 is 0 Å². The number of aliphatic hydroxyl groups is 1. The summed E-state index contributed by atoms with van der Waals surface area (Å²) in [5.41, 5.74) is 3.25. The van der Waals surface area contributed by atoms with Crippen LogP contribution in [0.1, 0.15) is 36.4 Å². The third kappa shape index (κ3) is 5.35. The molecule has 7 nitrogen and oxygen atoms in total. The fourth-order valence-corrected chi connectivity index (χ4v) is 4.35. The Morgan fingerprint density at radius 2 is 1.94 bits per heavy atom. The maximum absolute atomic E-state index is 11.1. The second-order valence-electron chi connectivity index (χ2n) is 8.66. The molecule has 0 bridgehead atoms. The number of ether oxygens (including phenoxy) is 1. The SMILES string of the molecule is COc1cccc(-c2cc(CC3(O)CCN(CCCn4nc(C)cc4C)CC3)on2)c1. The van der Waals surface area contributed by atoms with E-state index >= 15 is 0 Å². The molecule has 0 saturated carbocycles. The van der Waals surface area contributed by atoms with E-state index in [1.165, 1.54) is 5.69 Å². The fourth-order valence-electron chi connectivity index (χ4n) is 4.35. The van der Waals surface area contributed by atoms with Crippen molar-refractivity contribution in [2.75, 3.05) is 26.7 Å². The highest BCUT2D eigenvalue weighted by molar-refractivity contribution is 5.60. The molecule has 166 valence electrons. The molecule has 1 N–H and O–H groups in total. The average molecular weight is 425 g/mol. The Morgan fingerprint density at radius 1 is 1.13 bits per heavy atom. The number of aryl methyl sites for hydroxylation is 3. The maximum atomic E-state index is 11.1. The molecule has 4 rings (SSSR count). The summed E-state index contributed by atoms with van der Waals surface area (Å²) in [7, 11) is 1.65. The summed E-state index contributed by atoms with van der Waals surface area (Å²) in [6.45, 7) is 7.88. The Hall–Kier alpha value is -2.64. The van der Waals surface area contributed by atoms with Crippen LogP contribution in [0.25, 0.3) is 11.3 Å². The third-order valence-electron chi connectivity index (χ3n) is 6.16. The summed E-state index contributed by atoms with van der Waals surface area (Å²) in [4.78, 5) is 2.43. The highest BCUT2D eigenvalue weighted by Crippen LogP contribution is 2.29. The lowest BCUT2D eigenvalue weighted by atomic mass is 9.87. The Balaban J connectivity index is 1.27. The first-order valence-electron chi connectivity index (χ1n) is 11.0. The predicted molar refractivity (Wildman–Crippen MR) is 119 cm³/mol. The molecule has 0 atom stereocenters. The average Bonchev–Trinajstić information content (AvgIpc) is 3.35. The fraction of sp³-hybridized carbons (Fsp3) is 0.500. The lowest BCUT2D eigenvalue weighted by Crippen LogP contribution is -2.46. The van der Waals surface area contributed by atoms with Gasteiger partial charge < -0.3 is 19.3 Å². The molecule has 0 spiro atoms. The number of piperidine rings is 1. The van der Waals surface area contributed by atoms with Crippen LogP contribution < -0.4 is 4.74 Å². The predicted octanol–water partition coefficient (Wildman–Crippen LogP) is 3.62. The van der Waals surface area contributed by atoms with Crippen LogP contribution in [0, 0.1) is 13.8 Å². The zero-order valence-corrected chi connectivity index (χ0v) is 18.7. The van der Waals surface area contributed by atoms with Gasteiger partial charge in [0.2, 0.25) is 0 Å². The quantitative estimate of drug-likeness (QED) is 0.595. The van der Waals surface area contributed by atoms with Gasteiger partial charge in [-0.15, -0.1) is 0 Å². The van der Waals surface area contributed by atoms with Crippen LogP contribution in [0.5, 0.6) is 5.75 Å². The van der Waals surface area contributed by atoms with Crippen LogP contribution in [0.15, 0.2) is 40.9 Å². The number of methoxy groups -OCH3 is 1. The van der Waals surface area contributed by atoms with E-state index in [4.69, 9.17) is 9.26 Å². The Kier molecular flexibility index (Phi) is 6.43. The molecular weight excluding hydrogens is 392 g/mol. The maximum Gasteiger partial charge on any atom is 0.140 e. The molecule has 3 aromatic rings. The number of hydrogen-bond donors (Lipinski definition) is 1. The largest absolute Gasteiger partial charge is 0.497 e. The van der Waals surface area contributed by atoms with Crippen molar-refractivity contribution in [3.63, 3.8) is 0 Å². The highest BCUT2D eigenvalue weighted by atomic mass is 16.5. The van der Waals surface area contributed by atoms with Gasteiger partial charge in [0, 0.05) is 43.4 Å². The molecule has 1 fully saturated rings. The van der Waals surface area contributed by atoms with Crippen LogP contribution in [0.3, 0.4) is 0 Å². The van der Waals surface area contributed by atoms with Gasteiger partial charge in [-0.3, -0.25) is 4.68 Å². The molecule has 1 aliphatic rings. The number of rotatable bonds is 8. The van der Waals surface area contributed by atoms with Crippen LogP contribution >= 0.6 is 0 Å². The highest BCUT2D eigenvalue weighted by Gasteiger charge is 2.33. The topological polar surface area (TPSA) is 76.6 Å². The van der Waals surface area contributed by atoms with E-state index in [1.54, 1.807) is 7.11 Å². The van der Waals surface area contributed by atoms with Gasteiger partial charge >= 0.3 is 0 Å². The van der Waals surface area contributed by atoms with E-state index in [9.17, 15) is 5.11 Å². The lowest BCUT2D eigenvalue weighted by molar-refractivity contribution is -0.0251. The van der Waals surface area contributed by atoms with Crippen LogP contribution in [0.2, 0.25) is 0 Å². The van der Waals surface area contributed by atoms with Crippen molar-refractivity contribution in [3.8, 4) is 17.0 Å². The molecular formula is C24H32N4O3. The van der Waals surface area contributed by atoms with E-state index < -0.39 is 5.60 Å². The Labute approximate surface area is 183 Å². The van der Waals surface area contributed by atoms with Gasteiger partial charge in [-0.2, -0.15) is 5.10 Å². The molecule has 0 amide bonds. The van der Waals surface area contributed by atoms with E-state index in [-0.39, 0.29) is 0 Å². The second kappa shape index (κ2) is 9.24. The summed E-state index contributed by atoms with van der Waals surface area (Å²) >= 11 is 0. The summed E-state index contributed by atoms with van der Waals surface area (Å²) < 4.78 is 12.9. The van der Waals surface area contributed by atoms with Gasteiger partial charge in [0.15, 0.2) is 0 Å².